The molecule has 0 aliphatic carbocycles. The number of aromatic nitrogens is 4. The maximum atomic E-state index is 5.64. The molecule has 0 fully saturated rings. The molecule has 7 heteroatoms. The largest absolute Gasteiger partial charge is 0.493 e. The van der Waals surface area contributed by atoms with Crippen LogP contribution in [0.15, 0.2) is 53.6 Å². The molecule has 0 atom stereocenters. The van der Waals surface area contributed by atoms with Crippen molar-refractivity contribution in [2.75, 3.05) is 12.0 Å². The Balaban J connectivity index is 1.60. The Hall–Kier alpha value is -3.48. The summed E-state index contributed by atoms with van der Waals surface area (Å²) in [5.74, 6) is 1.16. The molecular formula is C24H28N6O. The van der Waals surface area contributed by atoms with E-state index in [2.05, 4.69) is 50.4 Å². The van der Waals surface area contributed by atoms with Gasteiger partial charge < -0.3 is 9.30 Å². The third-order valence-electron chi connectivity index (χ3n) is 5.20. The van der Waals surface area contributed by atoms with Gasteiger partial charge in [-0.15, -0.1) is 10.2 Å². The molecule has 160 valence electrons. The van der Waals surface area contributed by atoms with Crippen molar-refractivity contribution in [3.8, 4) is 5.75 Å². The van der Waals surface area contributed by atoms with E-state index in [9.17, 15) is 0 Å². The second-order valence-corrected chi connectivity index (χ2v) is 7.38. The summed E-state index contributed by atoms with van der Waals surface area (Å²) in [6, 6.07) is 16.0. The summed E-state index contributed by atoms with van der Waals surface area (Å²) in [6.45, 7) is 5.70. The topological polar surface area (TPSA) is 77.2 Å². The van der Waals surface area contributed by atoms with Crippen molar-refractivity contribution >= 4 is 34.2 Å². The van der Waals surface area contributed by atoms with Gasteiger partial charge in [0.25, 0.3) is 5.95 Å². The van der Waals surface area contributed by atoms with Gasteiger partial charge >= 0.3 is 0 Å². The van der Waals surface area contributed by atoms with Crippen LogP contribution >= 0.6 is 0 Å². The van der Waals surface area contributed by atoms with E-state index in [-0.39, 0.29) is 0 Å². The van der Waals surface area contributed by atoms with Crippen LogP contribution in [0.4, 0.5) is 5.95 Å². The smallest absolute Gasteiger partial charge is 0.265 e. The van der Waals surface area contributed by atoms with Crippen LogP contribution in [0.3, 0.4) is 0 Å². The maximum Gasteiger partial charge on any atom is 0.265 e. The number of ether oxygens (including phenoxy) is 1. The number of hydrazone groups is 1. The zero-order chi connectivity index (χ0) is 21.5. The lowest BCUT2D eigenvalue weighted by Crippen LogP contribution is -2.04. The number of hydrogen-bond acceptors (Lipinski definition) is 6. The lowest BCUT2D eigenvalue weighted by atomic mass is 10.2. The number of aryl methyl sites for hydroxylation is 1. The van der Waals surface area contributed by atoms with Crippen LogP contribution < -0.4 is 10.2 Å². The standard InChI is InChI=1S/C24H28N6O/c1-3-5-6-11-16-30-20-14-9-8-13-19(20)22-23(30)26-24(29-27-22)28-25-17-18-12-7-10-15-21(18)31-4-2/h7-10,12-15,17H,3-6,11,16H2,1-2H3,(H,26,28,29)/b25-17+. The molecule has 0 saturated carbocycles. The van der Waals surface area contributed by atoms with E-state index in [1.165, 1.54) is 19.3 Å². The first-order valence-corrected chi connectivity index (χ1v) is 10.9. The zero-order valence-electron chi connectivity index (χ0n) is 18.1. The molecule has 0 bridgehead atoms. The van der Waals surface area contributed by atoms with Crippen molar-refractivity contribution < 1.29 is 4.74 Å². The van der Waals surface area contributed by atoms with E-state index >= 15 is 0 Å². The van der Waals surface area contributed by atoms with Crippen LogP contribution in [0.2, 0.25) is 0 Å². The van der Waals surface area contributed by atoms with Crippen molar-refractivity contribution in [3.63, 3.8) is 0 Å². The van der Waals surface area contributed by atoms with E-state index in [4.69, 9.17) is 9.72 Å². The number of anilines is 1. The summed E-state index contributed by atoms with van der Waals surface area (Å²) in [5.41, 5.74) is 6.60. The Kier molecular flexibility index (Phi) is 6.72. The number of unbranched alkanes of at least 4 members (excludes halogenated alkanes) is 3. The van der Waals surface area contributed by atoms with Crippen LogP contribution in [-0.4, -0.2) is 32.6 Å². The zero-order valence-corrected chi connectivity index (χ0v) is 18.1. The van der Waals surface area contributed by atoms with E-state index in [1.54, 1.807) is 6.21 Å². The van der Waals surface area contributed by atoms with E-state index < -0.39 is 0 Å². The Morgan fingerprint density at radius 3 is 2.71 bits per heavy atom. The van der Waals surface area contributed by atoms with Gasteiger partial charge in [0.2, 0.25) is 0 Å². The van der Waals surface area contributed by atoms with Gasteiger partial charge in [-0.2, -0.15) is 10.1 Å². The van der Waals surface area contributed by atoms with Crippen molar-refractivity contribution in [2.45, 2.75) is 46.1 Å². The molecular weight excluding hydrogens is 388 g/mol. The Morgan fingerprint density at radius 2 is 1.84 bits per heavy atom. The highest BCUT2D eigenvalue weighted by Gasteiger charge is 2.14. The van der Waals surface area contributed by atoms with Crippen LogP contribution in [-0.2, 0) is 6.54 Å². The molecule has 4 aromatic rings. The third kappa shape index (κ3) is 4.66. The highest BCUT2D eigenvalue weighted by atomic mass is 16.5. The van der Waals surface area contributed by atoms with Gasteiger partial charge in [0.05, 0.1) is 18.3 Å². The minimum atomic E-state index is 0.371. The summed E-state index contributed by atoms with van der Waals surface area (Å²) in [5, 5.41) is 14.1. The van der Waals surface area contributed by atoms with E-state index in [0.29, 0.717) is 12.6 Å². The number of para-hydroxylation sites is 2. The summed E-state index contributed by atoms with van der Waals surface area (Å²) in [7, 11) is 0. The average Bonchev–Trinajstić information content (AvgIpc) is 3.11. The number of nitrogens with one attached hydrogen (secondary N) is 1. The molecule has 31 heavy (non-hydrogen) atoms. The second-order valence-electron chi connectivity index (χ2n) is 7.38. The number of rotatable bonds is 10. The number of hydrogen-bond donors (Lipinski definition) is 1. The van der Waals surface area contributed by atoms with E-state index in [1.807, 2.05) is 37.3 Å². The normalized spacial score (nSPS) is 11.5. The molecule has 0 radical (unpaired) electrons. The first kappa shape index (κ1) is 20.8. The molecule has 7 nitrogen and oxygen atoms in total. The van der Waals surface area contributed by atoms with Gasteiger partial charge in [0.15, 0.2) is 5.65 Å². The number of nitrogens with zero attached hydrogens (tertiary/aromatic N) is 5. The molecule has 2 aromatic carbocycles. The van der Waals surface area contributed by atoms with Crippen molar-refractivity contribution in [1.29, 1.82) is 0 Å². The molecule has 0 spiro atoms. The molecule has 0 unspecified atom stereocenters. The SMILES string of the molecule is CCCCCCn1c2ccccc2c2nnc(N/N=C/c3ccccc3OCC)nc21. The van der Waals surface area contributed by atoms with Crippen LogP contribution in [0, 0.1) is 0 Å². The van der Waals surface area contributed by atoms with Crippen molar-refractivity contribution in [3.05, 3.63) is 54.1 Å². The minimum Gasteiger partial charge on any atom is -0.493 e. The molecule has 2 aromatic heterocycles. The summed E-state index contributed by atoms with van der Waals surface area (Å²) < 4.78 is 7.88. The predicted octanol–water partition coefficient (Wildman–Crippen LogP) is 5.40. The maximum absolute atomic E-state index is 5.64. The highest BCUT2D eigenvalue weighted by molar-refractivity contribution is 6.04. The Labute approximate surface area is 182 Å². The molecule has 0 saturated heterocycles. The lowest BCUT2D eigenvalue weighted by Gasteiger charge is -2.07. The summed E-state index contributed by atoms with van der Waals surface area (Å²) in [4.78, 5) is 4.73. The van der Waals surface area contributed by atoms with Gasteiger partial charge in [0.1, 0.15) is 11.3 Å². The van der Waals surface area contributed by atoms with Crippen molar-refractivity contribution in [2.24, 2.45) is 5.10 Å². The summed E-state index contributed by atoms with van der Waals surface area (Å²) >= 11 is 0. The fourth-order valence-corrected chi connectivity index (χ4v) is 3.71. The van der Waals surface area contributed by atoms with E-state index in [0.717, 1.165) is 46.3 Å². The Morgan fingerprint density at radius 1 is 1.00 bits per heavy atom. The minimum absolute atomic E-state index is 0.371. The predicted molar refractivity (Wildman–Crippen MR) is 126 cm³/mol. The van der Waals surface area contributed by atoms with Crippen LogP contribution in [0.5, 0.6) is 5.75 Å². The van der Waals surface area contributed by atoms with Crippen LogP contribution in [0.25, 0.3) is 22.1 Å². The number of benzene rings is 2. The van der Waals surface area contributed by atoms with Gasteiger partial charge in [0, 0.05) is 17.5 Å². The molecule has 0 aliphatic heterocycles. The molecule has 0 aliphatic rings. The molecule has 2 heterocycles. The monoisotopic (exact) mass is 416 g/mol. The quantitative estimate of drug-likeness (QED) is 0.213. The van der Waals surface area contributed by atoms with Crippen LogP contribution in [0.1, 0.15) is 45.1 Å². The fraction of sp³-hybridized carbons (Fsp3) is 0.333. The lowest BCUT2D eigenvalue weighted by molar-refractivity contribution is 0.340. The first-order chi connectivity index (χ1) is 15.3. The molecule has 4 rings (SSSR count). The van der Waals surface area contributed by atoms with Gasteiger partial charge in [-0.3, -0.25) is 0 Å². The Bertz CT molecular complexity index is 1180. The molecule has 0 amide bonds. The number of fused-ring (bicyclic) bond motifs is 3. The highest BCUT2D eigenvalue weighted by Crippen LogP contribution is 2.27. The first-order valence-electron chi connectivity index (χ1n) is 10.9. The van der Waals surface area contributed by atoms with Gasteiger partial charge in [-0.25, -0.2) is 5.43 Å². The van der Waals surface area contributed by atoms with Gasteiger partial charge in [-0.1, -0.05) is 56.5 Å². The fourth-order valence-electron chi connectivity index (χ4n) is 3.71. The third-order valence-corrected chi connectivity index (χ3v) is 5.20. The average molecular weight is 417 g/mol. The second kappa shape index (κ2) is 10.0. The van der Waals surface area contributed by atoms with Crippen molar-refractivity contribution in [1.82, 2.24) is 19.7 Å². The molecule has 1 N–H and O–H groups in total. The summed E-state index contributed by atoms with van der Waals surface area (Å²) in [6.07, 6.45) is 6.49. The van der Waals surface area contributed by atoms with Gasteiger partial charge in [-0.05, 0) is 31.5 Å².